The molecule has 270 valence electrons. The van der Waals surface area contributed by atoms with Crippen LogP contribution < -0.4 is 23.7 Å². The average molecular weight is 695 g/mol. The average Bonchev–Trinajstić information content (AvgIpc) is 3.15. The molecule has 4 aromatic carbocycles. The molecule has 4 aromatic rings. The predicted octanol–water partition coefficient (Wildman–Crippen LogP) is 11.6. The maximum atomic E-state index is 13.3. The fourth-order valence-corrected chi connectivity index (χ4v) is 5.10. The molecule has 0 fully saturated rings. The second-order valence-electron chi connectivity index (χ2n) is 12.1. The van der Waals surface area contributed by atoms with Gasteiger partial charge >= 0.3 is 11.9 Å². The number of ether oxygens (including phenoxy) is 5. The van der Waals surface area contributed by atoms with Crippen LogP contribution in [-0.4, -0.2) is 31.8 Å². The minimum Gasteiger partial charge on any atom is -0.494 e. The van der Waals surface area contributed by atoms with Gasteiger partial charge in [-0.05, 0) is 105 Å². The second-order valence-corrected chi connectivity index (χ2v) is 12.1. The van der Waals surface area contributed by atoms with Crippen LogP contribution >= 0.6 is 0 Å². The summed E-state index contributed by atoms with van der Waals surface area (Å²) in [6, 6.07) is 25.4. The van der Waals surface area contributed by atoms with Gasteiger partial charge in [0.15, 0.2) is 5.75 Å². The zero-order valence-electron chi connectivity index (χ0n) is 30.1. The summed E-state index contributed by atoms with van der Waals surface area (Å²) in [5.74, 6) is 1.18. The molecule has 0 heterocycles. The number of hydrogen-bond acceptors (Lipinski definition) is 9. The summed E-state index contributed by atoms with van der Waals surface area (Å²) in [7, 11) is 0. The van der Waals surface area contributed by atoms with Crippen LogP contribution in [0.25, 0.3) is 0 Å². The highest BCUT2D eigenvalue weighted by atomic mass is 16.5. The first-order chi connectivity index (χ1) is 25.0. The second kappa shape index (κ2) is 21.8. The Kier molecular flexibility index (Phi) is 16.5. The van der Waals surface area contributed by atoms with Gasteiger partial charge in [-0.3, -0.25) is 0 Å². The Morgan fingerprint density at radius 1 is 0.490 bits per heavy atom. The van der Waals surface area contributed by atoms with Crippen molar-refractivity contribution >= 4 is 23.3 Å². The van der Waals surface area contributed by atoms with Gasteiger partial charge in [-0.2, -0.15) is 5.11 Å². The predicted molar refractivity (Wildman–Crippen MR) is 200 cm³/mol. The fraction of sp³-hybridized carbons (Fsp3) is 0.381. The monoisotopic (exact) mass is 694 g/mol. The third-order valence-electron chi connectivity index (χ3n) is 7.98. The summed E-state index contributed by atoms with van der Waals surface area (Å²) in [5.41, 5.74) is 1.53. The minimum atomic E-state index is -0.608. The number of benzene rings is 4. The molecule has 9 heteroatoms. The standard InChI is InChI=1S/C42H50N2O7/c1-4-7-9-11-13-29-48-36-21-15-32(16-22-36)41(45)50-38-27-28-39(44-43-34-19-25-35(26-20-34)47-6-3)40(31-38)51-42(46)33-17-23-37(24-18-33)49-30-14-12-10-8-5-2/h15-28,31H,4-14,29-30H2,1-3H3. The van der Waals surface area contributed by atoms with Crippen molar-refractivity contribution in [3.05, 3.63) is 102 Å². The molecule has 0 amide bonds. The lowest BCUT2D eigenvalue weighted by Crippen LogP contribution is -2.10. The van der Waals surface area contributed by atoms with Crippen molar-refractivity contribution in [1.29, 1.82) is 0 Å². The molecule has 0 saturated heterocycles. The highest BCUT2D eigenvalue weighted by Gasteiger charge is 2.16. The molecule has 0 saturated carbocycles. The van der Waals surface area contributed by atoms with E-state index in [-0.39, 0.29) is 17.2 Å². The smallest absolute Gasteiger partial charge is 0.343 e. The van der Waals surface area contributed by atoms with Gasteiger partial charge in [0, 0.05) is 6.07 Å². The van der Waals surface area contributed by atoms with Crippen LogP contribution in [0, 0.1) is 0 Å². The van der Waals surface area contributed by atoms with Gasteiger partial charge in [0.1, 0.15) is 28.7 Å². The molecular weight excluding hydrogens is 644 g/mol. The highest BCUT2D eigenvalue weighted by Crippen LogP contribution is 2.34. The van der Waals surface area contributed by atoms with Crippen LogP contribution in [0.15, 0.2) is 101 Å². The lowest BCUT2D eigenvalue weighted by molar-refractivity contribution is 0.0733. The highest BCUT2D eigenvalue weighted by molar-refractivity contribution is 5.93. The van der Waals surface area contributed by atoms with Gasteiger partial charge in [-0.25, -0.2) is 9.59 Å². The Morgan fingerprint density at radius 2 is 0.961 bits per heavy atom. The number of azo groups is 1. The molecule has 0 aliphatic carbocycles. The number of nitrogens with zero attached hydrogens (tertiary/aromatic N) is 2. The van der Waals surface area contributed by atoms with Gasteiger partial charge in [-0.1, -0.05) is 65.2 Å². The Bertz CT molecular complexity index is 1650. The normalized spacial score (nSPS) is 11.0. The lowest BCUT2D eigenvalue weighted by Gasteiger charge is -2.11. The Balaban J connectivity index is 1.43. The summed E-state index contributed by atoms with van der Waals surface area (Å²) < 4.78 is 28.6. The first kappa shape index (κ1) is 38.6. The molecule has 4 rings (SSSR count). The Hall–Kier alpha value is -5.18. The van der Waals surface area contributed by atoms with E-state index in [4.69, 9.17) is 23.7 Å². The maximum absolute atomic E-state index is 13.3. The van der Waals surface area contributed by atoms with Crippen LogP contribution in [0.4, 0.5) is 11.4 Å². The Labute approximate surface area is 302 Å². The van der Waals surface area contributed by atoms with Gasteiger partial charge in [-0.15, -0.1) is 5.11 Å². The molecule has 0 spiro atoms. The SMILES string of the molecule is CCCCCCCOc1ccc(C(=O)Oc2ccc(N=Nc3ccc(OCC)cc3)c(OC(=O)c3ccc(OCCCCCCC)cc3)c2)cc1. The van der Waals surface area contributed by atoms with Crippen molar-refractivity contribution in [3.63, 3.8) is 0 Å². The van der Waals surface area contributed by atoms with Gasteiger partial charge in [0.05, 0.1) is 36.6 Å². The molecule has 0 atom stereocenters. The van der Waals surface area contributed by atoms with Crippen LogP contribution in [0.1, 0.15) is 106 Å². The number of carbonyl (C=O) groups excluding carboxylic acids is 2. The van der Waals surface area contributed by atoms with Crippen molar-refractivity contribution in [3.8, 4) is 28.7 Å². The molecular formula is C42H50N2O7. The van der Waals surface area contributed by atoms with Gasteiger partial charge in [0.25, 0.3) is 0 Å². The van der Waals surface area contributed by atoms with E-state index in [1.54, 1.807) is 84.9 Å². The van der Waals surface area contributed by atoms with E-state index in [1.165, 1.54) is 44.6 Å². The first-order valence-corrected chi connectivity index (χ1v) is 18.2. The van der Waals surface area contributed by atoms with Crippen LogP contribution in [-0.2, 0) is 0 Å². The maximum Gasteiger partial charge on any atom is 0.343 e. The van der Waals surface area contributed by atoms with Crippen LogP contribution in [0.2, 0.25) is 0 Å². The van der Waals surface area contributed by atoms with Crippen molar-refractivity contribution in [1.82, 2.24) is 0 Å². The number of hydrogen-bond donors (Lipinski definition) is 0. The topological polar surface area (TPSA) is 105 Å². The third kappa shape index (κ3) is 13.6. The van der Waals surface area contributed by atoms with E-state index >= 15 is 0 Å². The largest absolute Gasteiger partial charge is 0.494 e. The minimum absolute atomic E-state index is 0.0788. The number of rotatable bonds is 22. The molecule has 0 aromatic heterocycles. The molecule has 0 aliphatic rings. The molecule has 0 aliphatic heterocycles. The van der Waals surface area contributed by atoms with E-state index in [0.29, 0.717) is 48.1 Å². The van der Waals surface area contributed by atoms with Gasteiger partial charge < -0.3 is 23.7 Å². The molecule has 0 bridgehead atoms. The zero-order valence-corrected chi connectivity index (χ0v) is 30.1. The van der Waals surface area contributed by atoms with Crippen molar-refractivity contribution in [2.75, 3.05) is 19.8 Å². The van der Waals surface area contributed by atoms with E-state index < -0.39 is 11.9 Å². The fourth-order valence-electron chi connectivity index (χ4n) is 5.10. The van der Waals surface area contributed by atoms with Crippen molar-refractivity contribution < 1.29 is 33.3 Å². The third-order valence-corrected chi connectivity index (χ3v) is 7.98. The van der Waals surface area contributed by atoms with Crippen molar-refractivity contribution in [2.45, 2.75) is 85.0 Å². The quantitative estimate of drug-likeness (QED) is 0.0349. The number of unbranched alkanes of at least 4 members (excludes halogenated alkanes) is 8. The van der Waals surface area contributed by atoms with Crippen LogP contribution in [0.5, 0.6) is 28.7 Å². The van der Waals surface area contributed by atoms with Gasteiger partial charge in [0.2, 0.25) is 0 Å². The first-order valence-electron chi connectivity index (χ1n) is 18.2. The zero-order chi connectivity index (χ0) is 36.1. The van der Waals surface area contributed by atoms with E-state index in [2.05, 4.69) is 24.1 Å². The van der Waals surface area contributed by atoms with E-state index in [1.807, 2.05) is 6.92 Å². The summed E-state index contributed by atoms with van der Waals surface area (Å²) in [4.78, 5) is 26.3. The summed E-state index contributed by atoms with van der Waals surface area (Å²) in [6.07, 6.45) is 11.5. The molecule has 0 unspecified atom stereocenters. The van der Waals surface area contributed by atoms with E-state index in [0.717, 1.165) is 31.4 Å². The van der Waals surface area contributed by atoms with Crippen LogP contribution in [0.3, 0.4) is 0 Å². The number of esters is 2. The Morgan fingerprint density at radius 3 is 1.49 bits per heavy atom. The van der Waals surface area contributed by atoms with E-state index in [9.17, 15) is 9.59 Å². The summed E-state index contributed by atoms with van der Waals surface area (Å²) in [6.45, 7) is 8.11. The molecule has 9 nitrogen and oxygen atoms in total. The molecule has 0 N–H and O–H groups in total. The van der Waals surface area contributed by atoms with Crippen molar-refractivity contribution in [2.24, 2.45) is 10.2 Å². The molecule has 0 radical (unpaired) electrons. The summed E-state index contributed by atoms with van der Waals surface area (Å²) >= 11 is 0. The summed E-state index contributed by atoms with van der Waals surface area (Å²) in [5, 5.41) is 8.65. The lowest BCUT2D eigenvalue weighted by atomic mass is 10.2. The molecule has 51 heavy (non-hydrogen) atoms. The number of carbonyl (C=O) groups is 2.